The van der Waals surface area contributed by atoms with Gasteiger partial charge in [-0.3, -0.25) is 0 Å². The number of pyridine rings is 1. The van der Waals surface area contributed by atoms with Crippen molar-refractivity contribution in [1.82, 2.24) is 4.98 Å². The summed E-state index contributed by atoms with van der Waals surface area (Å²) in [7, 11) is 0. The van der Waals surface area contributed by atoms with Gasteiger partial charge in [-0.2, -0.15) is 0 Å². The first-order valence-corrected chi connectivity index (χ1v) is 4.88. The van der Waals surface area contributed by atoms with Crippen molar-refractivity contribution < 1.29 is 5.11 Å². The molecule has 2 rings (SSSR count). The number of aromatic hydroxyl groups is 1. The summed E-state index contributed by atoms with van der Waals surface area (Å²) in [6.45, 7) is 1.93. The third-order valence-corrected chi connectivity index (χ3v) is 2.04. The van der Waals surface area contributed by atoms with Gasteiger partial charge in [-0.05, 0) is 36.8 Å². The predicted octanol–water partition coefficient (Wildman–Crippen LogP) is 3.51. The lowest BCUT2D eigenvalue weighted by atomic mass is 10.2. The molecule has 4 heteroatoms. The van der Waals surface area contributed by atoms with Crippen molar-refractivity contribution in [2.45, 2.75) is 6.92 Å². The van der Waals surface area contributed by atoms with Crippen molar-refractivity contribution in [2.75, 3.05) is 0 Å². The maximum atomic E-state index is 9.54. The summed E-state index contributed by atoms with van der Waals surface area (Å²) < 4.78 is 0. The fourth-order valence-electron chi connectivity index (χ4n) is 1.23. The largest absolute Gasteiger partial charge is 0.506 e. The van der Waals surface area contributed by atoms with Crippen LogP contribution in [0.25, 0.3) is 0 Å². The number of phenols is 1. The summed E-state index contributed by atoms with van der Waals surface area (Å²) in [6.07, 6.45) is 1.64. The van der Waals surface area contributed by atoms with Gasteiger partial charge in [-0.25, -0.2) is 4.98 Å². The Morgan fingerprint density at radius 2 is 2.00 bits per heavy atom. The van der Waals surface area contributed by atoms with E-state index in [9.17, 15) is 5.11 Å². The Bertz CT molecular complexity index is 509. The number of aromatic nitrogens is 1. The molecule has 0 amide bonds. The van der Waals surface area contributed by atoms with Crippen LogP contribution < -0.4 is 0 Å². The molecule has 0 fully saturated rings. The SMILES string of the molecule is Cc1ccc(O)c(N=Nc2ccccn2)c1. The third-order valence-electron chi connectivity index (χ3n) is 2.04. The van der Waals surface area contributed by atoms with E-state index in [1.54, 1.807) is 24.4 Å². The molecule has 4 nitrogen and oxygen atoms in total. The highest BCUT2D eigenvalue weighted by atomic mass is 16.3. The van der Waals surface area contributed by atoms with Crippen LogP contribution in [0.3, 0.4) is 0 Å². The molecule has 0 atom stereocenters. The topological polar surface area (TPSA) is 57.8 Å². The highest BCUT2D eigenvalue weighted by molar-refractivity contribution is 5.52. The molecule has 0 aliphatic heterocycles. The number of nitrogens with zero attached hydrogens (tertiary/aromatic N) is 3. The Kier molecular flexibility index (Phi) is 2.91. The van der Waals surface area contributed by atoms with E-state index in [4.69, 9.17) is 0 Å². The van der Waals surface area contributed by atoms with Crippen LogP contribution in [0.15, 0.2) is 52.8 Å². The van der Waals surface area contributed by atoms with E-state index in [0.29, 0.717) is 11.5 Å². The van der Waals surface area contributed by atoms with Crippen LogP contribution in [-0.2, 0) is 0 Å². The number of phenolic OH excluding ortho intramolecular Hbond substituents is 1. The number of hydrogen-bond acceptors (Lipinski definition) is 4. The lowest BCUT2D eigenvalue weighted by Gasteiger charge is -1.98. The Morgan fingerprint density at radius 1 is 1.12 bits per heavy atom. The van der Waals surface area contributed by atoms with Crippen molar-refractivity contribution in [1.29, 1.82) is 0 Å². The minimum absolute atomic E-state index is 0.116. The Hall–Kier alpha value is -2.23. The summed E-state index contributed by atoms with van der Waals surface area (Å²) in [4.78, 5) is 4.00. The predicted molar refractivity (Wildman–Crippen MR) is 61.3 cm³/mol. The quantitative estimate of drug-likeness (QED) is 0.776. The zero-order chi connectivity index (χ0) is 11.4. The van der Waals surface area contributed by atoms with Crippen molar-refractivity contribution in [3.05, 3.63) is 48.2 Å². The van der Waals surface area contributed by atoms with Crippen LogP contribution in [0.4, 0.5) is 11.5 Å². The molecule has 2 aromatic rings. The van der Waals surface area contributed by atoms with Gasteiger partial charge in [0.05, 0.1) is 0 Å². The molecular weight excluding hydrogens is 202 g/mol. The first kappa shape index (κ1) is 10.3. The first-order chi connectivity index (χ1) is 7.75. The van der Waals surface area contributed by atoms with E-state index in [2.05, 4.69) is 15.2 Å². The minimum atomic E-state index is 0.116. The lowest BCUT2D eigenvalue weighted by Crippen LogP contribution is -1.73. The molecule has 1 heterocycles. The van der Waals surface area contributed by atoms with E-state index >= 15 is 0 Å². The van der Waals surface area contributed by atoms with Gasteiger partial charge < -0.3 is 5.11 Å². The maximum absolute atomic E-state index is 9.54. The molecule has 0 aliphatic rings. The van der Waals surface area contributed by atoms with Crippen molar-refractivity contribution in [3.63, 3.8) is 0 Å². The summed E-state index contributed by atoms with van der Waals surface area (Å²) in [5.41, 5.74) is 1.47. The summed E-state index contributed by atoms with van der Waals surface area (Å²) in [6, 6.07) is 10.6. The monoisotopic (exact) mass is 213 g/mol. The van der Waals surface area contributed by atoms with Crippen LogP contribution >= 0.6 is 0 Å². The number of azo groups is 1. The standard InChI is InChI=1S/C12H11N3O/c1-9-5-6-11(16)10(8-9)14-15-12-4-2-3-7-13-12/h2-8,16H,1H3. The zero-order valence-electron chi connectivity index (χ0n) is 8.83. The molecule has 0 spiro atoms. The number of aryl methyl sites for hydroxylation is 1. The van der Waals surface area contributed by atoms with Gasteiger partial charge in [-0.15, -0.1) is 10.2 Å². The van der Waals surface area contributed by atoms with Crippen molar-refractivity contribution in [3.8, 4) is 5.75 Å². The molecule has 1 aromatic carbocycles. The van der Waals surface area contributed by atoms with E-state index in [0.717, 1.165) is 5.56 Å². The molecule has 1 aromatic heterocycles. The van der Waals surface area contributed by atoms with Crippen LogP contribution in [0.1, 0.15) is 5.56 Å². The second kappa shape index (κ2) is 4.53. The van der Waals surface area contributed by atoms with Gasteiger partial charge in [0.1, 0.15) is 11.4 Å². The smallest absolute Gasteiger partial charge is 0.174 e. The van der Waals surface area contributed by atoms with Crippen LogP contribution in [0.2, 0.25) is 0 Å². The van der Waals surface area contributed by atoms with Crippen molar-refractivity contribution in [2.24, 2.45) is 10.2 Å². The minimum Gasteiger partial charge on any atom is -0.506 e. The van der Waals surface area contributed by atoms with E-state index in [1.807, 2.05) is 25.1 Å². The van der Waals surface area contributed by atoms with Gasteiger partial charge in [0, 0.05) is 6.20 Å². The summed E-state index contributed by atoms with van der Waals surface area (Å²) >= 11 is 0. The second-order valence-electron chi connectivity index (χ2n) is 3.38. The van der Waals surface area contributed by atoms with Crippen LogP contribution in [-0.4, -0.2) is 10.1 Å². The Morgan fingerprint density at radius 3 is 2.75 bits per heavy atom. The van der Waals surface area contributed by atoms with Gasteiger partial charge in [-0.1, -0.05) is 12.1 Å². The van der Waals surface area contributed by atoms with E-state index < -0.39 is 0 Å². The summed E-state index contributed by atoms with van der Waals surface area (Å²) in [5, 5.41) is 17.4. The molecule has 0 unspecified atom stereocenters. The molecule has 1 N–H and O–H groups in total. The van der Waals surface area contributed by atoms with Crippen LogP contribution in [0, 0.1) is 6.92 Å². The molecule has 0 saturated carbocycles. The van der Waals surface area contributed by atoms with E-state index in [-0.39, 0.29) is 5.75 Å². The average Bonchev–Trinajstić information content (AvgIpc) is 2.32. The molecule has 0 aliphatic carbocycles. The Labute approximate surface area is 93.3 Å². The average molecular weight is 213 g/mol. The third kappa shape index (κ3) is 2.42. The first-order valence-electron chi connectivity index (χ1n) is 4.88. The van der Waals surface area contributed by atoms with Crippen molar-refractivity contribution >= 4 is 11.5 Å². The molecule has 80 valence electrons. The van der Waals surface area contributed by atoms with Gasteiger partial charge in [0.25, 0.3) is 0 Å². The summed E-state index contributed by atoms with van der Waals surface area (Å²) in [5.74, 6) is 0.633. The van der Waals surface area contributed by atoms with Gasteiger partial charge >= 0.3 is 0 Å². The molecule has 0 bridgehead atoms. The fourth-order valence-corrected chi connectivity index (χ4v) is 1.23. The molecule has 0 saturated heterocycles. The molecule has 16 heavy (non-hydrogen) atoms. The van der Waals surface area contributed by atoms with E-state index in [1.165, 1.54) is 0 Å². The number of hydrogen-bond donors (Lipinski definition) is 1. The number of benzene rings is 1. The molecular formula is C12H11N3O. The normalized spacial score (nSPS) is 10.8. The fraction of sp³-hybridized carbons (Fsp3) is 0.0833. The number of rotatable bonds is 2. The highest BCUT2D eigenvalue weighted by Crippen LogP contribution is 2.28. The maximum Gasteiger partial charge on any atom is 0.174 e. The van der Waals surface area contributed by atoms with Crippen LogP contribution in [0.5, 0.6) is 5.75 Å². The zero-order valence-corrected chi connectivity index (χ0v) is 8.83. The molecule has 0 radical (unpaired) electrons. The Balaban J connectivity index is 2.27. The van der Waals surface area contributed by atoms with Gasteiger partial charge in [0.15, 0.2) is 5.82 Å². The van der Waals surface area contributed by atoms with Gasteiger partial charge in [0.2, 0.25) is 0 Å². The highest BCUT2D eigenvalue weighted by Gasteiger charge is 1.99. The lowest BCUT2D eigenvalue weighted by molar-refractivity contribution is 0.476. The second-order valence-corrected chi connectivity index (χ2v) is 3.38.